The van der Waals surface area contributed by atoms with E-state index in [0.29, 0.717) is 24.9 Å². The molecule has 1 aliphatic carbocycles. The summed E-state index contributed by atoms with van der Waals surface area (Å²) in [7, 11) is 1.96. The van der Waals surface area contributed by atoms with Crippen molar-refractivity contribution in [2.45, 2.75) is 51.6 Å². The Hall–Kier alpha value is -1.39. The zero-order valence-electron chi connectivity index (χ0n) is 14.9. The molecular weight excluding hydrogens is 433 g/mol. The number of nitrogens with zero attached hydrogens (tertiary/aromatic N) is 5. The summed E-state index contributed by atoms with van der Waals surface area (Å²) in [4.78, 5) is 18.3. The molecule has 2 aliphatic rings. The van der Waals surface area contributed by atoms with Crippen molar-refractivity contribution in [3.8, 4) is 0 Å². The summed E-state index contributed by atoms with van der Waals surface area (Å²) >= 11 is 0. The van der Waals surface area contributed by atoms with Crippen LogP contribution in [0.1, 0.15) is 43.8 Å². The van der Waals surface area contributed by atoms with Gasteiger partial charge in [0.05, 0.1) is 0 Å². The van der Waals surface area contributed by atoms with Crippen LogP contribution in [-0.4, -0.2) is 50.7 Å². The Morgan fingerprint density at radius 2 is 2.12 bits per heavy atom. The fourth-order valence-electron chi connectivity index (χ4n) is 3.09. The predicted molar refractivity (Wildman–Crippen MR) is 107 cm³/mol. The first-order valence-corrected chi connectivity index (χ1v) is 8.72. The topological polar surface area (TPSA) is 101 Å². The first-order valence-electron chi connectivity index (χ1n) is 8.72. The molecule has 25 heavy (non-hydrogen) atoms. The van der Waals surface area contributed by atoms with Crippen molar-refractivity contribution in [3.63, 3.8) is 0 Å². The van der Waals surface area contributed by atoms with Gasteiger partial charge in [0.25, 0.3) is 0 Å². The van der Waals surface area contributed by atoms with Gasteiger partial charge in [-0.2, -0.15) is 0 Å². The highest BCUT2D eigenvalue weighted by Crippen LogP contribution is 2.22. The lowest BCUT2D eigenvalue weighted by Gasteiger charge is -2.34. The van der Waals surface area contributed by atoms with Crippen LogP contribution >= 0.6 is 24.0 Å². The van der Waals surface area contributed by atoms with Gasteiger partial charge in [0.15, 0.2) is 11.8 Å². The fraction of sp³-hybridized carbons (Fsp3) is 0.750. The van der Waals surface area contributed by atoms with Crippen LogP contribution in [0, 0.1) is 12.8 Å². The molecule has 9 heteroatoms. The smallest absolute Gasteiger partial charge is 0.217 e. The number of aromatic nitrogens is 3. The van der Waals surface area contributed by atoms with Crippen LogP contribution in [0.3, 0.4) is 0 Å². The summed E-state index contributed by atoms with van der Waals surface area (Å²) in [6, 6.07) is 0.529. The number of piperidine rings is 1. The number of amides is 1. The molecule has 3 rings (SSSR count). The van der Waals surface area contributed by atoms with E-state index in [1.165, 1.54) is 12.8 Å². The van der Waals surface area contributed by atoms with Crippen molar-refractivity contribution >= 4 is 35.8 Å². The number of carbonyl (C=O) groups is 1. The van der Waals surface area contributed by atoms with Gasteiger partial charge in [-0.1, -0.05) is 0 Å². The highest BCUT2D eigenvalue weighted by molar-refractivity contribution is 14.0. The van der Waals surface area contributed by atoms with Gasteiger partial charge in [0, 0.05) is 32.6 Å². The highest BCUT2D eigenvalue weighted by atomic mass is 127. The van der Waals surface area contributed by atoms with Crippen molar-refractivity contribution in [2.24, 2.45) is 23.7 Å². The first kappa shape index (κ1) is 19.9. The molecule has 3 N–H and O–H groups in total. The van der Waals surface area contributed by atoms with Crippen molar-refractivity contribution in [2.75, 3.05) is 13.1 Å². The molecule has 140 valence electrons. The molecule has 1 amide bonds. The first-order chi connectivity index (χ1) is 11.5. The maximum Gasteiger partial charge on any atom is 0.217 e. The van der Waals surface area contributed by atoms with E-state index < -0.39 is 0 Å². The summed E-state index contributed by atoms with van der Waals surface area (Å²) in [6.45, 7) is 4.23. The van der Waals surface area contributed by atoms with Crippen LogP contribution in [0.15, 0.2) is 4.99 Å². The fourth-order valence-corrected chi connectivity index (χ4v) is 3.09. The van der Waals surface area contributed by atoms with Crippen LogP contribution in [-0.2, 0) is 18.4 Å². The Labute approximate surface area is 165 Å². The molecule has 1 aromatic rings. The van der Waals surface area contributed by atoms with Crippen LogP contribution in [0.25, 0.3) is 0 Å². The number of nitrogens with two attached hydrogens (primary N) is 1. The predicted octanol–water partition coefficient (Wildman–Crippen LogP) is 0.937. The molecule has 1 atom stereocenters. The quantitative estimate of drug-likeness (QED) is 0.386. The van der Waals surface area contributed by atoms with Crippen molar-refractivity contribution in [1.82, 2.24) is 25.0 Å². The lowest BCUT2D eigenvalue weighted by atomic mass is 9.95. The highest BCUT2D eigenvalue weighted by Gasteiger charge is 2.28. The molecule has 0 aromatic carbocycles. The molecule has 1 unspecified atom stereocenters. The second kappa shape index (κ2) is 8.81. The molecule has 2 heterocycles. The van der Waals surface area contributed by atoms with Crippen LogP contribution < -0.4 is 11.1 Å². The van der Waals surface area contributed by atoms with E-state index in [4.69, 9.17) is 10.7 Å². The molecule has 0 bridgehead atoms. The maximum atomic E-state index is 11.2. The van der Waals surface area contributed by atoms with Crippen molar-refractivity contribution in [3.05, 3.63) is 11.6 Å². The van der Waals surface area contributed by atoms with Crippen molar-refractivity contribution < 1.29 is 4.79 Å². The van der Waals surface area contributed by atoms with Crippen LogP contribution in [0.4, 0.5) is 0 Å². The summed E-state index contributed by atoms with van der Waals surface area (Å²) in [6.07, 6.45) is 4.96. The number of primary amides is 1. The third-order valence-electron chi connectivity index (χ3n) is 4.77. The third-order valence-corrected chi connectivity index (χ3v) is 4.77. The monoisotopic (exact) mass is 461 g/mol. The van der Waals surface area contributed by atoms with Gasteiger partial charge in [0.1, 0.15) is 12.4 Å². The number of hydrogen-bond acceptors (Lipinski definition) is 4. The lowest BCUT2D eigenvalue weighted by molar-refractivity contribution is -0.119. The van der Waals surface area contributed by atoms with Crippen LogP contribution in [0.5, 0.6) is 0 Å². The number of nitrogens with one attached hydrogen (secondary N) is 1. The molecule has 8 nitrogen and oxygen atoms in total. The van der Waals surface area contributed by atoms with Crippen molar-refractivity contribution in [1.29, 1.82) is 0 Å². The SMILES string of the molecule is Cc1nnc(CN=C(NC2CC2)N2CCCC(CC(N)=O)C2)n1C.I. The summed E-state index contributed by atoms with van der Waals surface area (Å²) in [5.41, 5.74) is 5.37. The average Bonchev–Trinajstić information content (AvgIpc) is 3.31. The molecule has 0 radical (unpaired) electrons. The Bertz CT molecular complexity index is 626. The summed E-state index contributed by atoms with van der Waals surface area (Å²) < 4.78 is 1.96. The molecule has 0 spiro atoms. The zero-order chi connectivity index (χ0) is 17.1. The zero-order valence-corrected chi connectivity index (χ0v) is 17.3. The number of hydrogen-bond donors (Lipinski definition) is 2. The largest absolute Gasteiger partial charge is 0.370 e. The number of carbonyl (C=O) groups excluding carboxylic acids is 1. The second-order valence-electron chi connectivity index (χ2n) is 6.91. The molecular formula is C16H28IN7O. The van der Waals surface area contributed by atoms with Crippen LogP contribution in [0.2, 0.25) is 0 Å². The van der Waals surface area contributed by atoms with E-state index in [2.05, 4.69) is 20.4 Å². The van der Waals surface area contributed by atoms with Gasteiger partial charge in [-0.25, -0.2) is 4.99 Å². The maximum absolute atomic E-state index is 11.2. The number of likely N-dealkylation sites (tertiary alicyclic amines) is 1. The minimum Gasteiger partial charge on any atom is -0.370 e. The number of halogens is 1. The Morgan fingerprint density at radius 3 is 2.72 bits per heavy atom. The molecule has 2 fully saturated rings. The van der Waals surface area contributed by atoms with E-state index in [0.717, 1.165) is 43.5 Å². The van der Waals surface area contributed by atoms with E-state index in [-0.39, 0.29) is 29.9 Å². The summed E-state index contributed by atoms with van der Waals surface area (Å²) in [5.74, 6) is 2.77. The Morgan fingerprint density at radius 1 is 1.36 bits per heavy atom. The standard InChI is InChI=1S/C16H27N7O.HI/c1-11-20-21-15(22(11)2)9-18-16(19-13-5-6-13)23-7-3-4-12(10-23)8-14(17)24;/h12-13H,3-10H2,1-2H3,(H2,17,24)(H,18,19);1H. The van der Waals surface area contributed by atoms with Gasteiger partial charge < -0.3 is 20.5 Å². The van der Waals surface area contributed by atoms with E-state index >= 15 is 0 Å². The van der Waals surface area contributed by atoms with E-state index in [1.807, 2.05) is 18.5 Å². The average molecular weight is 461 g/mol. The van der Waals surface area contributed by atoms with E-state index in [9.17, 15) is 4.79 Å². The minimum atomic E-state index is -0.218. The number of guanidine groups is 1. The Balaban J connectivity index is 0.00000225. The minimum absolute atomic E-state index is 0. The molecule has 1 saturated heterocycles. The van der Waals surface area contributed by atoms with Gasteiger partial charge in [0.2, 0.25) is 5.91 Å². The molecule has 1 saturated carbocycles. The van der Waals surface area contributed by atoms with Gasteiger partial charge in [-0.3, -0.25) is 4.79 Å². The van der Waals surface area contributed by atoms with Gasteiger partial charge in [-0.15, -0.1) is 34.2 Å². The third kappa shape index (κ3) is 5.55. The second-order valence-corrected chi connectivity index (χ2v) is 6.91. The van der Waals surface area contributed by atoms with Gasteiger partial charge in [-0.05, 0) is 38.5 Å². The summed E-state index contributed by atoms with van der Waals surface area (Å²) in [5, 5.41) is 11.8. The van der Waals surface area contributed by atoms with E-state index in [1.54, 1.807) is 0 Å². The normalized spacial score (nSPS) is 21.0. The number of aryl methyl sites for hydroxylation is 1. The van der Waals surface area contributed by atoms with Gasteiger partial charge >= 0.3 is 0 Å². The lowest BCUT2D eigenvalue weighted by Crippen LogP contribution is -2.47. The molecule has 1 aliphatic heterocycles. The molecule has 1 aromatic heterocycles. The number of aliphatic imine (C=N–C) groups is 1. The Kier molecular flexibility index (Phi) is 7.03. The number of rotatable bonds is 5.